The maximum absolute atomic E-state index is 13.4. The van der Waals surface area contributed by atoms with E-state index in [9.17, 15) is 8.78 Å². The van der Waals surface area contributed by atoms with Crippen LogP contribution >= 0.6 is 0 Å². The Balaban J connectivity index is 2.28. The number of hydrogen-bond acceptors (Lipinski definition) is 1. The predicted molar refractivity (Wildman–Crippen MR) is 47.5 cm³/mol. The minimum atomic E-state index is -2.66. The molecule has 0 spiro atoms. The highest BCUT2D eigenvalue weighted by atomic mass is 19.3. The van der Waals surface area contributed by atoms with E-state index in [0.29, 0.717) is 18.5 Å². The van der Waals surface area contributed by atoms with Gasteiger partial charge in [0, 0.05) is 17.2 Å². The molecule has 1 aliphatic carbocycles. The first kappa shape index (κ1) is 8.48. The topological polar surface area (TPSA) is 26.0 Å². The molecule has 2 N–H and O–H groups in total. The molecule has 1 saturated carbocycles. The van der Waals surface area contributed by atoms with Gasteiger partial charge in [-0.1, -0.05) is 12.1 Å². The molecule has 70 valence electrons. The first-order chi connectivity index (χ1) is 6.10. The molecule has 0 aliphatic heterocycles. The van der Waals surface area contributed by atoms with Crippen LogP contribution in [0.4, 0.5) is 14.5 Å². The molecule has 1 aromatic rings. The van der Waals surface area contributed by atoms with Crippen LogP contribution in [0.2, 0.25) is 0 Å². The number of nitrogen functional groups attached to an aromatic ring is 1. The van der Waals surface area contributed by atoms with E-state index in [1.807, 2.05) is 0 Å². The van der Waals surface area contributed by atoms with Crippen molar-refractivity contribution in [3.8, 4) is 0 Å². The Hall–Kier alpha value is -1.12. The van der Waals surface area contributed by atoms with Gasteiger partial charge in [-0.15, -0.1) is 0 Å². The molecule has 0 atom stereocenters. The summed E-state index contributed by atoms with van der Waals surface area (Å²) in [4.78, 5) is 0. The molecule has 0 unspecified atom stereocenters. The molecular formula is C10H11F2N. The maximum Gasteiger partial charge on any atom is 0.276 e. The average Bonchev–Trinajstić information content (AvgIpc) is 2.87. The zero-order chi connectivity index (χ0) is 9.47. The maximum atomic E-state index is 13.4. The standard InChI is InChI=1S/C10H11F2N/c11-10(12,7-1-2-7)8-3-5-9(13)6-4-8/h3-7H,1-2,13H2. The SMILES string of the molecule is Nc1ccc(C(F)(F)C2CC2)cc1. The fourth-order valence-electron chi connectivity index (χ4n) is 1.39. The van der Waals surface area contributed by atoms with Crippen LogP contribution in [-0.4, -0.2) is 0 Å². The summed E-state index contributed by atoms with van der Waals surface area (Å²) in [6.07, 6.45) is 1.27. The molecule has 1 aromatic carbocycles. The van der Waals surface area contributed by atoms with Crippen LogP contribution in [0.15, 0.2) is 24.3 Å². The molecule has 1 fully saturated rings. The van der Waals surface area contributed by atoms with Gasteiger partial charge in [0.05, 0.1) is 0 Å². The molecule has 0 amide bonds. The van der Waals surface area contributed by atoms with Crippen molar-refractivity contribution in [3.05, 3.63) is 29.8 Å². The Morgan fingerprint density at radius 3 is 2.15 bits per heavy atom. The van der Waals surface area contributed by atoms with Crippen LogP contribution in [0.5, 0.6) is 0 Å². The van der Waals surface area contributed by atoms with E-state index in [2.05, 4.69) is 0 Å². The van der Waals surface area contributed by atoms with Crippen LogP contribution in [0.3, 0.4) is 0 Å². The van der Waals surface area contributed by atoms with Crippen LogP contribution in [0, 0.1) is 5.92 Å². The quantitative estimate of drug-likeness (QED) is 0.701. The monoisotopic (exact) mass is 183 g/mol. The van der Waals surface area contributed by atoms with Gasteiger partial charge in [-0.3, -0.25) is 0 Å². The van der Waals surface area contributed by atoms with Gasteiger partial charge in [-0.25, -0.2) is 8.78 Å². The van der Waals surface area contributed by atoms with Gasteiger partial charge >= 0.3 is 0 Å². The molecule has 3 heteroatoms. The van der Waals surface area contributed by atoms with E-state index in [-0.39, 0.29) is 5.56 Å². The van der Waals surface area contributed by atoms with E-state index in [0.717, 1.165) is 0 Å². The van der Waals surface area contributed by atoms with Crippen LogP contribution < -0.4 is 5.73 Å². The molecule has 2 rings (SSSR count). The Morgan fingerprint density at radius 2 is 1.69 bits per heavy atom. The normalized spacial score (nSPS) is 17.4. The van der Waals surface area contributed by atoms with E-state index in [4.69, 9.17) is 5.73 Å². The number of alkyl halides is 2. The molecular weight excluding hydrogens is 172 g/mol. The predicted octanol–water partition coefficient (Wildman–Crippen LogP) is 2.77. The fraction of sp³-hybridized carbons (Fsp3) is 0.400. The summed E-state index contributed by atoms with van der Waals surface area (Å²) in [5.74, 6) is -3.11. The molecule has 0 saturated heterocycles. The summed E-state index contributed by atoms with van der Waals surface area (Å²) in [6.45, 7) is 0. The Labute approximate surface area is 75.6 Å². The highest BCUT2D eigenvalue weighted by Gasteiger charge is 2.47. The van der Waals surface area contributed by atoms with E-state index < -0.39 is 11.8 Å². The summed E-state index contributed by atoms with van der Waals surface area (Å²) in [6, 6.07) is 5.86. The Kier molecular flexibility index (Phi) is 1.75. The van der Waals surface area contributed by atoms with Crippen molar-refractivity contribution in [2.75, 3.05) is 5.73 Å². The van der Waals surface area contributed by atoms with Gasteiger partial charge in [-0.2, -0.15) is 0 Å². The largest absolute Gasteiger partial charge is 0.399 e. The second-order valence-electron chi connectivity index (χ2n) is 3.52. The van der Waals surface area contributed by atoms with Crippen LogP contribution in [0.1, 0.15) is 18.4 Å². The second kappa shape index (κ2) is 2.69. The van der Waals surface area contributed by atoms with Gasteiger partial charge in [-0.05, 0) is 25.0 Å². The summed E-state index contributed by atoms with van der Waals surface area (Å²) in [5.41, 5.74) is 6.03. The van der Waals surface area contributed by atoms with Crippen molar-refractivity contribution in [1.29, 1.82) is 0 Å². The lowest BCUT2D eigenvalue weighted by atomic mass is 10.0. The van der Waals surface area contributed by atoms with E-state index >= 15 is 0 Å². The van der Waals surface area contributed by atoms with Crippen molar-refractivity contribution < 1.29 is 8.78 Å². The summed E-state index contributed by atoms with van der Waals surface area (Å²) >= 11 is 0. The zero-order valence-corrected chi connectivity index (χ0v) is 7.13. The molecule has 0 bridgehead atoms. The fourth-order valence-corrected chi connectivity index (χ4v) is 1.39. The first-order valence-corrected chi connectivity index (χ1v) is 4.34. The Morgan fingerprint density at radius 1 is 1.15 bits per heavy atom. The number of anilines is 1. The zero-order valence-electron chi connectivity index (χ0n) is 7.13. The molecule has 1 nitrogen and oxygen atoms in total. The Bertz CT molecular complexity index is 301. The smallest absolute Gasteiger partial charge is 0.276 e. The number of benzene rings is 1. The molecule has 13 heavy (non-hydrogen) atoms. The molecule has 0 aromatic heterocycles. The van der Waals surface area contributed by atoms with Gasteiger partial charge in [0.1, 0.15) is 0 Å². The van der Waals surface area contributed by atoms with Crippen LogP contribution in [-0.2, 0) is 5.92 Å². The lowest BCUT2D eigenvalue weighted by Crippen LogP contribution is -2.15. The molecule has 1 aliphatic rings. The second-order valence-corrected chi connectivity index (χ2v) is 3.52. The number of nitrogens with two attached hydrogens (primary N) is 1. The van der Waals surface area contributed by atoms with Gasteiger partial charge in [0.15, 0.2) is 0 Å². The molecule has 0 heterocycles. The van der Waals surface area contributed by atoms with Crippen molar-refractivity contribution >= 4 is 5.69 Å². The summed E-state index contributed by atoms with van der Waals surface area (Å²) < 4.78 is 26.9. The first-order valence-electron chi connectivity index (χ1n) is 4.34. The highest BCUT2D eigenvalue weighted by Crippen LogP contribution is 2.49. The van der Waals surface area contributed by atoms with Gasteiger partial charge < -0.3 is 5.73 Å². The molecule has 0 radical (unpaired) electrons. The summed E-state index contributed by atoms with van der Waals surface area (Å²) in [5, 5.41) is 0. The van der Waals surface area contributed by atoms with Crippen molar-refractivity contribution in [1.82, 2.24) is 0 Å². The lowest BCUT2D eigenvalue weighted by molar-refractivity contribution is -0.0285. The highest BCUT2D eigenvalue weighted by molar-refractivity contribution is 5.40. The minimum absolute atomic E-state index is 0.0872. The van der Waals surface area contributed by atoms with Crippen molar-refractivity contribution in [2.45, 2.75) is 18.8 Å². The van der Waals surface area contributed by atoms with Gasteiger partial charge in [0.2, 0.25) is 0 Å². The van der Waals surface area contributed by atoms with Crippen molar-refractivity contribution in [2.24, 2.45) is 5.92 Å². The third-order valence-corrected chi connectivity index (χ3v) is 2.39. The third-order valence-electron chi connectivity index (χ3n) is 2.39. The number of hydrogen-bond donors (Lipinski definition) is 1. The summed E-state index contributed by atoms with van der Waals surface area (Å²) in [7, 11) is 0. The number of rotatable bonds is 2. The van der Waals surface area contributed by atoms with Crippen LogP contribution in [0.25, 0.3) is 0 Å². The van der Waals surface area contributed by atoms with Crippen molar-refractivity contribution in [3.63, 3.8) is 0 Å². The van der Waals surface area contributed by atoms with E-state index in [1.165, 1.54) is 24.3 Å². The average molecular weight is 183 g/mol. The lowest BCUT2D eigenvalue weighted by Gasteiger charge is -2.15. The third kappa shape index (κ3) is 1.50. The van der Waals surface area contributed by atoms with E-state index in [1.54, 1.807) is 0 Å². The minimum Gasteiger partial charge on any atom is -0.399 e. The van der Waals surface area contributed by atoms with Gasteiger partial charge in [0.25, 0.3) is 5.92 Å². The number of halogens is 2.